The zero-order chi connectivity index (χ0) is 14.0. The number of allylic oxidation sites excluding steroid dienone is 1. The summed E-state index contributed by atoms with van der Waals surface area (Å²) in [5, 5.41) is 0.507. The van der Waals surface area contributed by atoms with E-state index in [0.29, 0.717) is 5.19 Å². The fourth-order valence-corrected chi connectivity index (χ4v) is 3.17. The van der Waals surface area contributed by atoms with Gasteiger partial charge in [-0.05, 0) is 18.3 Å². The van der Waals surface area contributed by atoms with Gasteiger partial charge in [0.1, 0.15) is 0 Å². The number of hydrogen-bond acceptors (Lipinski definition) is 1. The van der Waals surface area contributed by atoms with E-state index in [1.807, 2.05) is 0 Å². The van der Waals surface area contributed by atoms with Crippen LogP contribution in [0.2, 0.25) is 13.1 Å². The summed E-state index contributed by atoms with van der Waals surface area (Å²) in [5.74, 6) is -2.19. The van der Waals surface area contributed by atoms with Crippen molar-refractivity contribution >= 4 is 13.5 Å². The lowest BCUT2D eigenvalue weighted by Crippen LogP contribution is -2.46. The van der Waals surface area contributed by atoms with Crippen molar-refractivity contribution in [1.82, 2.24) is 0 Å². The van der Waals surface area contributed by atoms with Crippen LogP contribution in [0, 0.1) is 0 Å². The summed E-state index contributed by atoms with van der Waals surface area (Å²) >= 11 is 0. The van der Waals surface area contributed by atoms with Gasteiger partial charge in [0.15, 0.2) is 0 Å². The number of alkyl halides is 3. The molecule has 0 atom stereocenters. The van der Waals surface area contributed by atoms with Gasteiger partial charge in [-0.15, -0.1) is 0 Å². The predicted molar refractivity (Wildman–Crippen MR) is 59.9 cm³/mol. The van der Waals surface area contributed by atoms with Crippen LogP contribution in [0.3, 0.4) is 0 Å². The smallest absolute Gasteiger partial charge is 0.453 e. The van der Waals surface area contributed by atoms with E-state index in [1.54, 1.807) is 30.3 Å². The molecule has 18 heavy (non-hydrogen) atoms. The second-order valence-electron chi connectivity index (χ2n) is 4.07. The Morgan fingerprint density at radius 3 is 1.94 bits per heavy atom. The normalized spacial score (nSPS) is 12.2. The molecule has 0 aliphatic carbocycles. The maximum atomic E-state index is 12.4. The Morgan fingerprint density at radius 1 is 1.06 bits per heavy atom. The minimum Gasteiger partial charge on any atom is -0.533 e. The zero-order valence-corrected chi connectivity index (χ0v) is 10.7. The van der Waals surface area contributed by atoms with Gasteiger partial charge in [-0.3, -0.25) is 0 Å². The van der Waals surface area contributed by atoms with Crippen molar-refractivity contribution in [3.8, 4) is 0 Å². The van der Waals surface area contributed by atoms with Gasteiger partial charge in [-0.25, -0.2) is 0 Å². The average Bonchev–Trinajstić information content (AvgIpc) is 2.25. The molecule has 0 bridgehead atoms. The van der Waals surface area contributed by atoms with E-state index in [0.717, 1.165) is 0 Å². The summed E-state index contributed by atoms with van der Waals surface area (Å²) in [6.45, 7) is 2.86. The van der Waals surface area contributed by atoms with Crippen molar-refractivity contribution in [2.24, 2.45) is 0 Å². The molecule has 0 fully saturated rings. The van der Waals surface area contributed by atoms with E-state index in [-0.39, 0.29) is 0 Å². The third kappa shape index (κ3) is 3.56. The van der Waals surface area contributed by atoms with Crippen LogP contribution in [-0.4, -0.2) is 14.5 Å². The molecule has 7 heteroatoms. The van der Waals surface area contributed by atoms with Gasteiger partial charge in [0.25, 0.3) is 14.1 Å². The minimum atomic E-state index is -5.18. The lowest BCUT2D eigenvalue weighted by Gasteiger charge is -2.26. The van der Waals surface area contributed by atoms with E-state index >= 15 is 0 Å². The molecule has 0 unspecified atom stereocenters. The highest BCUT2D eigenvalue weighted by molar-refractivity contribution is 6.84. The molecule has 0 spiro atoms. The first-order valence-electron chi connectivity index (χ1n) is 5.01. The molecule has 0 amide bonds. The molecule has 0 aliphatic heterocycles. The number of rotatable bonds is 3. The van der Waals surface area contributed by atoms with Crippen molar-refractivity contribution in [3.05, 3.63) is 42.2 Å². The first-order valence-corrected chi connectivity index (χ1v) is 7.92. The van der Waals surface area contributed by atoms with Gasteiger partial charge in [-0.2, -0.15) is 22.0 Å². The Bertz CT molecular complexity index is 434. The molecule has 1 aromatic rings. The van der Waals surface area contributed by atoms with E-state index in [2.05, 4.69) is 4.43 Å². The van der Waals surface area contributed by atoms with Gasteiger partial charge in [-0.1, -0.05) is 30.3 Å². The van der Waals surface area contributed by atoms with E-state index in [1.165, 1.54) is 13.1 Å². The van der Waals surface area contributed by atoms with E-state index < -0.39 is 26.3 Å². The standard InChI is InChI=1S/C11H11F5OSi/c1-18(2,8-6-4-3-5-7-8)17-9(10(12)13)11(14,15)16/h3-7H,1-2H3. The number of hydrogen-bond donors (Lipinski definition) is 0. The van der Waals surface area contributed by atoms with Gasteiger partial charge >= 0.3 is 12.3 Å². The number of halogens is 5. The Balaban J connectivity index is 3.06. The fraction of sp³-hybridized carbons (Fsp3) is 0.273. The Labute approximate surface area is 102 Å². The molecule has 0 radical (unpaired) electrons. The van der Waals surface area contributed by atoms with Crippen LogP contribution >= 0.6 is 0 Å². The van der Waals surface area contributed by atoms with Crippen LogP contribution < -0.4 is 5.19 Å². The molecule has 0 aromatic heterocycles. The van der Waals surface area contributed by atoms with Crippen molar-refractivity contribution in [3.63, 3.8) is 0 Å². The maximum absolute atomic E-state index is 12.4. The highest BCUT2D eigenvalue weighted by atomic mass is 28.4. The SMILES string of the molecule is C[Si](C)(OC(=C(F)F)C(F)(F)F)c1ccccc1. The summed E-state index contributed by atoms with van der Waals surface area (Å²) < 4.78 is 66.3. The van der Waals surface area contributed by atoms with Crippen LogP contribution in [0.15, 0.2) is 42.2 Å². The minimum absolute atomic E-state index is 0.507. The molecule has 0 saturated carbocycles. The Morgan fingerprint density at radius 2 is 1.56 bits per heavy atom. The Hall–Kier alpha value is -1.37. The highest BCUT2D eigenvalue weighted by Gasteiger charge is 2.44. The zero-order valence-electron chi connectivity index (χ0n) is 9.68. The molecule has 100 valence electrons. The summed E-state index contributed by atoms with van der Waals surface area (Å²) in [4.78, 5) is 0. The third-order valence-electron chi connectivity index (χ3n) is 2.26. The molecule has 1 rings (SSSR count). The van der Waals surface area contributed by atoms with Crippen LogP contribution in [-0.2, 0) is 4.43 Å². The molecular weight excluding hydrogens is 271 g/mol. The maximum Gasteiger partial charge on any atom is 0.453 e. The molecule has 0 aliphatic rings. The highest BCUT2D eigenvalue weighted by Crippen LogP contribution is 2.32. The van der Waals surface area contributed by atoms with Crippen molar-refractivity contribution in [2.45, 2.75) is 19.3 Å². The van der Waals surface area contributed by atoms with Gasteiger partial charge < -0.3 is 4.43 Å². The Kier molecular flexibility index (Phi) is 4.15. The first kappa shape index (κ1) is 14.7. The van der Waals surface area contributed by atoms with Crippen molar-refractivity contribution in [1.29, 1.82) is 0 Å². The van der Waals surface area contributed by atoms with Gasteiger partial charge in [0.2, 0.25) is 0 Å². The molecular formula is C11H11F5OSi. The largest absolute Gasteiger partial charge is 0.533 e. The third-order valence-corrected chi connectivity index (χ3v) is 4.69. The lowest BCUT2D eigenvalue weighted by molar-refractivity contribution is -0.122. The number of benzene rings is 1. The second-order valence-corrected chi connectivity index (χ2v) is 7.87. The van der Waals surface area contributed by atoms with Gasteiger partial charge in [0.05, 0.1) is 0 Å². The summed E-state index contributed by atoms with van der Waals surface area (Å²) in [7, 11) is -3.07. The van der Waals surface area contributed by atoms with Crippen LogP contribution in [0.1, 0.15) is 0 Å². The van der Waals surface area contributed by atoms with E-state index in [4.69, 9.17) is 0 Å². The molecule has 0 heterocycles. The quantitative estimate of drug-likeness (QED) is 0.465. The summed E-state index contributed by atoms with van der Waals surface area (Å²) in [6.07, 6.45) is -8.03. The van der Waals surface area contributed by atoms with Crippen molar-refractivity contribution in [2.75, 3.05) is 0 Å². The monoisotopic (exact) mass is 282 g/mol. The average molecular weight is 282 g/mol. The van der Waals surface area contributed by atoms with Crippen LogP contribution in [0.25, 0.3) is 0 Å². The van der Waals surface area contributed by atoms with E-state index in [9.17, 15) is 22.0 Å². The van der Waals surface area contributed by atoms with Crippen LogP contribution in [0.4, 0.5) is 22.0 Å². The van der Waals surface area contributed by atoms with Crippen LogP contribution in [0.5, 0.6) is 0 Å². The lowest BCUT2D eigenvalue weighted by atomic mass is 10.4. The molecule has 0 saturated heterocycles. The molecule has 0 N–H and O–H groups in total. The molecule has 1 aromatic carbocycles. The van der Waals surface area contributed by atoms with Gasteiger partial charge in [0, 0.05) is 0 Å². The second kappa shape index (κ2) is 5.09. The summed E-state index contributed by atoms with van der Waals surface area (Å²) in [6, 6.07) is 8.06. The summed E-state index contributed by atoms with van der Waals surface area (Å²) in [5.41, 5.74) is 0. The topological polar surface area (TPSA) is 9.23 Å². The fourth-order valence-electron chi connectivity index (χ4n) is 1.36. The van der Waals surface area contributed by atoms with Crippen molar-refractivity contribution < 1.29 is 26.4 Å². The first-order chi connectivity index (χ1) is 8.14. The predicted octanol–water partition coefficient (Wildman–Crippen LogP) is 3.79. The molecule has 1 nitrogen and oxygen atoms in total.